The SMILES string of the molecule is C[C@@H](NC(=O)NCc1ccncc1)c1nnnn1-c1ccccc1. The number of aromatic nitrogens is 5. The maximum Gasteiger partial charge on any atom is 0.315 e. The third-order valence-electron chi connectivity index (χ3n) is 3.43. The van der Waals surface area contributed by atoms with Crippen LogP contribution >= 0.6 is 0 Å². The van der Waals surface area contributed by atoms with E-state index >= 15 is 0 Å². The van der Waals surface area contributed by atoms with Crippen LogP contribution in [0.4, 0.5) is 4.79 Å². The van der Waals surface area contributed by atoms with E-state index in [0.29, 0.717) is 12.4 Å². The number of nitrogens with one attached hydrogen (secondary N) is 2. The van der Waals surface area contributed by atoms with Crippen LogP contribution in [0.2, 0.25) is 0 Å². The fraction of sp³-hybridized carbons (Fsp3) is 0.188. The molecule has 0 fully saturated rings. The van der Waals surface area contributed by atoms with E-state index in [4.69, 9.17) is 0 Å². The minimum Gasteiger partial charge on any atom is -0.334 e. The number of amides is 2. The van der Waals surface area contributed by atoms with Gasteiger partial charge in [0.1, 0.15) is 0 Å². The van der Waals surface area contributed by atoms with E-state index in [-0.39, 0.29) is 12.1 Å². The lowest BCUT2D eigenvalue weighted by Crippen LogP contribution is -2.37. The molecule has 3 rings (SSSR count). The van der Waals surface area contributed by atoms with Gasteiger partial charge in [0.15, 0.2) is 5.82 Å². The molecule has 2 heterocycles. The fourth-order valence-electron chi connectivity index (χ4n) is 2.21. The Morgan fingerprint density at radius 3 is 2.67 bits per heavy atom. The minimum absolute atomic E-state index is 0.290. The maximum absolute atomic E-state index is 12.1. The number of benzene rings is 1. The largest absolute Gasteiger partial charge is 0.334 e. The highest BCUT2D eigenvalue weighted by Crippen LogP contribution is 2.13. The van der Waals surface area contributed by atoms with Crippen LogP contribution in [0.3, 0.4) is 0 Å². The van der Waals surface area contributed by atoms with Crippen molar-refractivity contribution in [1.82, 2.24) is 35.8 Å². The van der Waals surface area contributed by atoms with E-state index in [2.05, 4.69) is 31.1 Å². The summed E-state index contributed by atoms with van der Waals surface area (Å²) in [5.74, 6) is 0.556. The first-order valence-corrected chi connectivity index (χ1v) is 7.51. The predicted octanol–water partition coefficient (Wildman–Crippen LogP) is 1.62. The summed E-state index contributed by atoms with van der Waals surface area (Å²) in [5.41, 5.74) is 1.81. The number of rotatable bonds is 5. The van der Waals surface area contributed by atoms with E-state index < -0.39 is 0 Å². The molecule has 2 amide bonds. The van der Waals surface area contributed by atoms with Gasteiger partial charge in [-0.2, -0.15) is 4.68 Å². The van der Waals surface area contributed by atoms with Gasteiger partial charge in [0.25, 0.3) is 0 Å². The van der Waals surface area contributed by atoms with Crippen LogP contribution in [0.1, 0.15) is 24.4 Å². The summed E-state index contributed by atoms with van der Waals surface area (Å²) in [7, 11) is 0. The summed E-state index contributed by atoms with van der Waals surface area (Å²) in [6, 6.07) is 12.6. The Kier molecular flexibility index (Phi) is 4.76. The number of carbonyl (C=O) groups excluding carboxylic acids is 1. The Balaban J connectivity index is 1.62. The standard InChI is InChI=1S/C16H17N7O/c1-12(19-16(24)18-11-13-7-9-17-10-8-13)15-20-21-22-23(15)14-5-3-2-4-6-14/h2-10,12H,11H2,1H3,(H2,18,19,24)/t12-/m1/s1. The first kappa shape index (κ1) is 15.6. The summed E-state index contributed by atoms with van der Waals surface area (Å²) in [4.78, 5) is 16.0. The minimum atomic E-state index is -0.349. The van der Waals surface area contributed by atoms with Crippen LogP contribution in [0.5, 0.6) is 0 Å². The molecule has 0 saturated heterocycles. The Labute approximate surface area is 138 Å². The van der Waals surface area contributed by atoms with Gasteiger partial charge in [0, 0.05) is 18.9 Å². The number of tetrazole rings is 1. The zero-order chi connectivity index (χ0) is 16.8. The number of hydrogen-bond donors (Lipinski definition) is 2. The van der Waals surface area contributed by atoms with Gasteiger partial charge in [0.2, 0.25) is 0 Å². The smallest absolute Gasteiger partial charge is 0.315 e. The topological polar surface area (TPSA) is 97.6 Å². The number of carbonyl (C=O) groups is 1. The van der Waals surface area contributed by atoms with E-state index in [1.165, 1.54) is 0 Å². The Morgan fingerprint density at radius 2 is 1.92 bits per heavy atom. The molecular formula is C16H17N7O. The van der Waals surface area contributed by atoms with Crippen molar-refractivity contribution in [3.8, 4) is 5.69 Å². The molecule has 1 atom stereocenters. The van der Waals surface area contributed by atoms with Crippen molar-refractivity contribution < 1.29 is 4.79 Å². The second-order valence-corrected chi connectivity index (χ2v) is 5.19. The Hall–Kier alpha value is -3.29. The second kappa shape index (κ2) is 7.32. The average molecular weight is 323 g/mol. The van der Waals surface area contributed by atoms with Crippen LogP contribution in [0.25, 0.3) is 5.69 Å². The number of nitrogens with zero attached hydrogens (tertiary/aromatic N) is 5. The molecule has 0 saturated carbocycles. The van der Waals surface area contributed by atoms with Crippen molar-refractivity contribution in [1.29, 1.82) is 0 Å². The van der Waals surface area contributed by atoms with Crippen LogP contribution in [-0.2, 0) is 6.54 Å². The van der Waals surface area contributed by atoms with Crippen LogP contribution in [0, 0.1) is 0 Å². The monoisotopic (exact) mass is 323 g/mol. The van der Waals surface area contributed by atoms with Gasteiger partial charge in [-0.25, -0.2) is 4.79 Å². The van der Waals surface area contributed by atoms with Gasteiger partial charge in [-0.1, -0.05) is 18.2 Å². The highest BCUT2D eigenvalue weighted by atomic mass is 16.2. The molecule has 1 aromatic carbocycles. The van der Waals surface area contributed by atoms with E-state index in [9.17, 15) is 4.79 Å². The summed E-state index contributed by atoms with van der Waals surface area (Å²) in [6.45, 7) is 2.25. The first-order valence-electron chi connectivity index (χ1n) is 7.51. The third-order valence-corrected chi connectivity index (χ3v) is 3.43. The molecule has 2 aromatic heterocycles. The summed E-state index contributed by atoms with van der Waals surface area (Å²) in [5, 5.41) is 17.3. The highest BCUT2D eigenvalue weighted by molar-refractivity contribution is 5.74. The molecule has 0 unspecified atom stereocenters. The molecule has 3 aromatic rings. The Bertz CT molecular complexity index is 788. The van der Waals surface area contributed by atoms with Crippen molar-refractivity contribution in [3.63, 3.8) is 0 Å². The molecule has 0 spiro atoms. The van der Waals surface area contributed by atoms with Gasteiger partial charge < -0.3 is 10.6 Å². The highest BCUT2D eigenvalue weighted by Gasteiger charge is 2.17. The molecule has 8 heteroatoms. The molecule has 0 radical (unpaired) electrons. The zero-order valence-corrected chi connectivity index (χ0v) is 13.1. The van der Waals surface area contributed by atoms with E-state index in [0.717, 1.165) is 11.3 Å². The number of para-hydroxylation sites is 1. The summed E-state index contributed by atoms with van der Waals surface area (Å²) in [6.07, 6.45) is 3.37. The number of urea groups is 1. The van der Waals surface area contributed by atoms with Gasteiger partial charge in [-0.15, -0.1) is 5.10 Å². The lowest BCUT2D eigenvalue weighted by molar-refractivity contribution is 0.237. The second-order valence-electron chi connectivity index (χ2n) is 5.19. The van der Waals surface area contributed by atoms with Crippen LogP contribution in [0.15, 0.2) is 54.9 Å². The number of pyridine rings is 1. The molecule has 0 aliphatic rings. The lowest BCUT2D eigenvalue weighted by atomic mass is 10.2. The lowest BCUT2D eigenvalue weighted by Gasteiger charge is -2.14. The zero-order valence-electron chi connectivity index (χ0n) is 13.1. The van der Waals surface area contributed by atoms with Crippen molar-refractivity contribution in [2.75, 3.05) is 0 Å². The summed E-state index contributed by atoms with van der Waals surface area (Å²) < 4.78 is 1.60. The van der Waals surface area contributed by atoms with Crippen LogP contribution in [-0.4, -0.2) is 31.2 Å². The molecule has 24 heavy (non-hydrogen) atoms. The first-order chi connectivity index (χ1) is 11.7. The normalized spacial score (nSPS) is 11.7. The molecule has 122 valence electrons. The fourth-order valence-corrected chi connectivity index (χ4v) is 2.21. The third kappa shape index (κ3) is 3.72. The van der Waals surface area contributed by atoms with Gasteiger partial charge in [-0.05, 0) is 47.2 Å². The summed E-state index contributed by atoms with van der Waals surface area (Å²) >= 11 is 0. The van der Waals surface area contributed by atoms with Crippen LogP contribution < -0.4 is 10.6 Å². The number of hydrogen-bond acceptors (Lipinski definition) is 5. The average Bonchev–Trinajstić information content (AvgIpc) is 3.11. The Morgan fingerprint density at radius 1 is 1.17 bits per heavy atom. The molecule has 0 bridgehead atoms. The van der Waals surface area contributed by atoms with Gasteiger partial charge >= 0.3 is 6.03 Å². The molecular weight excluding hydrogens is 306 g/mol. The van der Waals surface area contributed by atoms with Crippen molar-refractivity contribution in [2.45, 2.75) is 19.5 Å². The molecule has 0 aliphatic heterocycles. The molecule has 8 nitrogen and oxygen atoms in total. The van der Waals surface area contributed by atoms with E-state index in [1.807, 2.05) is 49.4 Å². The van der Waals surface area contributed by atoms with E-state index in [1.54, 1.807) is 17.1 Å². The quantitative estimate of drug-likeness (QED) is 0.743. The van der Waals surface area contributed by atoms with Crippen molar-refractivity contribution >= 4 is 6.03 Å². The molecule has 2 N–H and O–H groups in total. The maximum atomic E-state index is 12.1. The van der Waals surface area contributed by atoms with Crippen molar-refractivity contribution in [3.05, 3.63) is 66.2 Å². The molecule has 0 aliphatic carbocycles. The predicted molar refractivity (Wildman–Crippen MR) is 87.2 cm³/mol. The van der Waals surface area contributed by atoms with Gasteiger partial charge in [0.05, 0.1) is 11.7 Å². The van der Waals surface area contributed by atoms with Gasteiger partial charge in [-0.3, -0.25) is 4.98 Å². The van der Waals surface area contributed by atoms with Crippen molar-refractivity contribution in [2.24, 2.45) is 0 Å².